The van der Waals surface area contributed by atoms with E-state index < -0.39 is 0 Å². The maximum absolute atomic E-state index is 9.71. The second kappa shape index (κ2) is 6.09. The van der Waals surface area contributed by atoms with E-state index in [4.69, 9.17) is 12.2 Å². The molecule has 4 N–H and O–H groups in total. The molecular formula is C18H21N3O2S. The molecule has 0 spiro atoms. The predicted molar refractivity (Wildman–Crippen MR) is 97.0 cm³/mol. The SMILES string of the molecule is Oc1ccc(/C=N\NC(=S)N[C@H]2C[C@@H]3C[C@@H]2[C@H]2C=CC[C@H]32)c(O)c1. The smallest absolute Gasteiger partial charge is 0.187 e. The third-order valence-corrected chi connectivity index (χ3v) is 5.92. The Morgan fingerprint density at radius 2 is 2.12 bits per heavy atom. The van der Waals surface area contributed by atoms with Gasteiger partial charge in [-0.25, -0.2) is 0 Å². The van der Waals surface area contributed by atoms with E-state index in [1.165, 1.54) is 37.6 Å². The van der Waals surface area contributed by atoms with Crippen LogP contribution in [0.4, 0.5) is 0 Å². The number of nitrogens with zero attached hydrogens (tertiary/aromatic N) is 1. The highest BCUT2D eigenvalue weighted by atomic mass is 32.1. The Balaban J connectivity index is 1.31. The van der Waals surface area contributed by atoms with Gasteiger partial charge in [-0.3, -0.25) is 5.43 Å². The summed E-state index contributed by atoms with van der Waals surface area (Å²) in [5.41, 5.74) is 3.33. The van der Waals surface area contributed by atoms with Gasteiger partial charge in [-0.05, 0) is 67.3 Å². The Hall–Kier alpha value is -2.08. The zero-order chi connectivity index (χ0) is 16.7. The zero-order valence-corrected chi connectivity index (χ0v) is 14.0. The first-order valence-electron chi connectivity index (χ1n) is 8.40. The maximum atomic E-state index is 9.71. The molecule has 2 fully saturated rings. The lowest BCUT2D eigenvalue weighted by Crippen LogP contribution is -2.45. The van der Waals surface area contributed by atoms with Crippen LogP contribution in [-0.2, 0) is 0 Å². The van der Waals surface area contributed by atoms with E-state index >= 15 is 0 Å². The molecule has 2 saturated carbocycles. The van der Waals surface area contributed by atoms with Gasteiger partial charge in [0.2, 0.25) is 0 Å². The van der Waals surface area contributed by atoms with Crippen molar-refractivity contribution in [1.82, 2.24) is 10.7 Å². The van der Waals surface area contributed by atoms with E-state index in [1.54, 1.807) is 6.07 Å². The predicted octanol–water partition coefficient (Wildman–Crippen LogP) is 2.50. The lowest BCUT2D eigenvalue weighted by molar-refractivity contribution is 0.246. The number of thiocarbonyl (C=S) groups is 1. The molecule has 5 nitrogen and oxygen atoms in total. The van der Waals surface area contributed by atoms with E-state index in [1.807, 2.05) is 0 Å². The number of fused-ring (bicyclic) bond motifs is 5. The van der Waals surface area contributed by atoms with Crippen molar-refractivity contribution in [2.75, 3.05) is 0 Å². The van der Waals surface area contributed by atoms with Gasteiger partial charge in [0.25, 0.3) is 0 Å². The Labute approximate surface area is 146 Å². The van der Waals surface area contributed by atoms with Gasteiger partial charge in [-0.1, -0.05) is 12.2 Å². The normalized spacial score (nSPS) is 33.1. The van der Waals surface area contributed by atoms with E-state index in [9.17, 15) is 10.2 Å². The number of rotatable bonds is 3. The number of aromatic hydroxyl groups is 2. The fourth-order valence-corrected chi connectivity index (χ4v) is 4.92. The Kier molecular flexibility index (Phi) is 3.92. The molecular weight excluding hydrogens is 322 g/mol. The minimum atomic E-state index is -0.0217. The number of benzene rings is 1. The summed E-state index contributed by atoms with van der Waals surface area (Å²) in [6.07, 6.45) is 9.97. The molecule has 6 heteroatoms. The van der Waals surface area contributed by atoms with Gasteiger partial charge in [0.05, 0.1) is 6.21 Å². The second-order valence-corrected chi connectivity index (χ2v) is 7.40. The molecule has 2 bridgehead atoms. The minimum absolute atomic E-state index is 0.0188. The molecule has 0 aliphatic heterocycles. The largest absolute Gasteiger partial charge is 0.508 e. The molecule has 0 amide bonds. The van der Waals surface area contributed by atoms with Crippen LogP contribution in [0.25, 0.3) is 0 Å². The molecule has 0 radical (unpaired) electrons. The number of nitrogens with one attached hydrogen (secondary N) is 2. The highest BCUT2D eigenvalue weighted by Crippen LogP contribution is 2.56. The quantitative estimate of drug-likeness (QED) is 0.294. The standard InChI is InChI=1S/C18H21N3O2S/c22-12-5-4-10(17(23)8-12)9-19-21-18(24)20-16-7-11-6-15(16)14-3-1-2-13(11)14/h1,3-5,8-9,11,13-16,22-23H,2,6-7H2,(H2,20,21,24)/b19-9-/t11-,13+,14-,15+,16-/m0/s1. The fraction of sp³-hybridized carbons (Fsp3) is 0.444. The van der Waals surface area contributed by atoms with E-state index in [0.717, 1.165) is 17.8 Å². The third-order valence-electron chi connectivity index (χ3n) is 5.71. The molecule has 1 aromatic carbocycles. The van der Waals surface area contributed by atoms with Crippen LogP contribution in [-0.4, -0.2) is 27.6 Å². The Bertz CT molecular complexity index is 718. The lowest BCUT2D eigenvalue weighted by Gasteiger charge is -2.32. The molecule has 3 aliphatic rings. The average molecular weight is 343 g/mol. The first-order valence-corrected chi connectivity index (χ1v) is 8.81. The summed E-state index contributed by atoms with van der Waals surface area (Å²) in [4.78, 5) is 0. The van der Waals surface area contributed by atoms with E-state index in [-0.39, 0.29) is 11.5 Å². The average Bonchev–Trinajstić information content (AvgIpc) is 3.21. The van der Waals surface area contributed by atoms with Crippen LogP contribution in [0.1, 0.15) is 24.8 Å². The molecule has 0 aromatic heterocycles. The number of phenolic OH excluding ortho intramolecular Hbond substituents is 2. The highest BCUT2D eigenvalue weighted by molar-refractivity contribution is 7.80. The Morgan fingerprint density at radius 3 is 2.96 bits per heavy atom. The van der Waals surface area contributed by atoms with Crippen LogP contribution in [0, 0.1) is 23.7 Å². The van der Waals surface area contributed by atoms with Gasteiger partial charge >= 0.3 is 0 Å². The van der Waals surface area contributed by atoms with Crippen molar-refractivity contribution in [3.63, 3.8) is 0 Å². The first kappa shape index (κ1) is 15.4. The van der Waals surface area contributed by atoms with Crippen molar-refractivity contribution in [3.8, 4) is 11.5 Å². The van der Waals surface area contributed by atoms with Crippen LogP contribution >= 0.6 is 12.2 Å². The fourth-order valence-electron chi connectivity index (χ4n) is 4.71. The van der Waals surface area contributed by atoms with E-state index in [2.05, 4.69) is 28.0 Å². The minimum Gasteiger partial charge on any atom is -0.508 e. The van der Waals surface area contributed by atoms with Gasteiger partial charge < -0.3 is 15.5 Å². The number of hydrogen-bond acceptors (Lipinski definition) is 4. The summed E-state index contributed by atoms with van der Waals surface area (Å²) in [6, 6.07) is 4.79. The van der Waals surface area contributed by atoms with Gasteiger partial charge in [0.1, 0.15) is 11.5 Å². The number of phenols is 2. The van der Waals surface area contributed by atoms with Crippen LogP contribution < -0.4 is 10.7 Å². The molecule has 126 valence electrons. The van der Waals surface area contributed by atoms with Gasteiger partial charge in [-0.15, -0.1) is 0 Å². The van der Waals surface area contributed by atoms with E-state index in [0.29, 0.717) is 22.6 Å². The molecule has 1 aromatic rings. The molecule has 0 unspecified atom stereocenters. The van der Waals surface area contributed by atoms with Crippen LogP contribution in [0.15, 0.2) is 35.5 Å². The summed E-state index contributed by atoms with van der Waals surface area (Å²) in [7, 11) is 0. The third kappa shape index (κ3) is 2.75. The first-order chi connectivity index (χ1) is 11.6. The number of hydrogen-bond donors (Lipinski definition) is 4. The van der Waals surface area contributed by atoms with Crippen molar-refractivity contribution in [2.24, 2.45) is 28.8 Å². The van der Waals surface area contributed by atoms with Crippen molar-refractivity contribution >= 4 is 23.5 Å². The molecule has 4 rings (SSSR count). The van der Waals surface area contributed by atoms with Gasteiger partial charge in [-0.2, -0.15) is 5.10 Å². The summed E-state index contributed by atoms with van der Waals surface area (Å²) in [5.74, 6) is 3.10. The number of allylic oxidation sites excluding steroid dienone is 2. The van der Waals surface area contributed by atoms with Crippen molar-refractivity contribution < 1.29 is 10.2 Å². The lowest BCUT2D eigenvalue weighted by atomic mass is 9.79. The number of hydrazone groups is 1. The zero-order valence-electron chi connectivity index (χ0n) is 13.2. The molecule has 3 aliphatic carbocycles. The second-order valence-electron chi connectivity index (χ2n) is 6.99. The molecule has 0 heterocycles. The van der Waals surface area contributed by atoms with Crippen LogP contribution in [0.2, 0.25) is 0 Å². The monoisotopic (exact) mass is 343 g/mol. The van der Waals surface area contributed by atoms with Gasteiger partial charge in [0.15, 0.2) is 5.11 Å². The summed E-state index contributed by atoms with van der Waals surface area (Å²) < 4.78 is 0. The van der Waals surface area contributed by atoms with Crippen molar-refractivity contribution in [1.29, 1.82) is 0 Å². The summed E-state index contributed by atoms with van der Waals surface area (Å²) in [5, 5.41) is 27.0. The summed E-state index contributed by atoms with van der Waals surface area (Å²) >= 11 is 5.34. The van der Waals surface area contributed by atoms with Gasteiger partial charge in [0, 0.05) is 17.7 Å². The molecule has 5 atom stereocenters. The van der Waals surface area contributed by atoms with Crippen LogP contribution in [0.3, 0.4) is 0 Å². The highest BCUT2D eigenvalue weighted by Gasteiger charge is 2.52. The molecule has 0 saturated heterocycles. The van der Waals surface area contributed by atoms with Crippen molar-refractivity contribution in [2.45, 2.75) is 25.3 Å². The topological polar surface area (TPSA) is 76.9 Å². The Morgan fingerprint density at radius 1 is 1.25 bits per heavy atom. The van der Waals surface area contributed by atoms with Crippen molar-refractivity contribution in [3.05, 3.63) is 35.9 Å². The molecule has 24 heavy (non-hydrogen) atoms. The summed E-state index contributed by atoms with van der Waals surface area (Å²) in [6.45, 7) is 0. The van der Waals surface area contributed by atoms with Crippen LogP contribution in [0.5, 0.6) is 11.5 Å². The maximum Gasteiger partial charge on any atom is 0.187 e.